The molecule has 0 aliphatic rings. The number of hydrogen-bond acceptors (Lipinski definition) is 3. The van der Waals surface area contributed by atoms with Crippen LogP contribution in [0.5, 0.6) is 0 Å². The lowest BCUT2D eigenvalue weighted by Gasteiger charge is -2.19. The topological polar surface area (TPSA) is 49.4 Å². The maximum absolute atomic E-state index is 12.2. The minimum absolute atomic E-state index is 0.0462. The van der Waals surface area contributed by atoms with Gasteiger partial charge in [-0.1, -0.05) is 26.0 Å². The Morgan fingerprint density at radius 1 is 1.26 bits per heavy atom. The number of nitrogens with one attached hydrogen (secondary N) is 1. The average molecular weight is 305 g/mol. The average Bonchev–Trinajstić information content (AvgIpc) is 2.35. The van der Waals surface area contributed by atoms with E-state index in [1.807, 2.05) is 13.8 Å². The predicted molar refractivity (Wildman–Crippen MR) is 80.3 cm³/mol. The molecule has 0 aliphatic carbocycles. The lowest BCUT2D eigenvalue weighted by molar-refractivity contribution is 0.521. The predicted octanol–water partition coefficient (Wildman–Crippen LogP) is 2.61. The summed E-state index contributed by atoms with van der Waals surface area (Å²) in [6, 6.07) is 6.86. The quantitative estimate of drug-likeness (QED) is 0.822. The Balaban J connectivity index is 2.98. The van der Waals surface area contributed by atoms with Crippen LogP contribution in [-0.4, -0.2) is 38.7 Å². The molecule has 0 fully saturated rings. The van der Waals surface area contributed by atoms with Crippen LogP contribution in [0.2, 0.25) is 0 Å². The third-order valence-corrected chi connectivity index (χ3v) is 5.39. The Morgan fingerprint density at radius 3 is 2.37 bits per heavy atom. The number of alkyl halides is 1. The Morgan fingerprint density at radius 2 is 1.84 bits per heavy atom. The van der Waals surface area contributed by atoms with E-state index < -0.39 is 10.0 Å². The summed E-state index contributed by atoms with van der Waals surface area (Å²) in [4.78, 5) is 0.271. The zero-order chi connectivity index (χ0) is 14.6. The molecule has 0 heterocycles. The molecule has 1 rings (SSSR count). The van der Waals surface area contributed by atoms with Gasteiger partial charge in [-0.05, 0) is 18.1 Å². The molecule has 4 nitrogen and oxygen atoms in total. The minimum atomic E-state index is -3.45. The highest BCUT2D eigenvalue weighted by molar-refractivity contribution is 7.89. The van der Waals surface area contributed by atoms with Crippen LogP contribution in [-0.2, 0) is 10.0 Å². The third-order valence-electron chi connectivity index (χ3n) is 2.86. The molecule has 1 atom stereocenters. The Labute approximate surface area is 120 Å². The number of para-hydroxylation sites is 1. The van der Waals surface area contributed by atoms with Crippen molar-refractivity contribution in [1.82, 2.24) is 4.31 Å². The summed E-state index contributed by atoms with van der Waals surface area (Å²) in [6.07, 6.45) is 0. The van der Waals surface area contributed by atoms with Gasteiger partial charge in [0, 0.05) is 20.6 Å². The van der Waals surface area contributed by atoms with E-state index in [9.17, 15) is 8.42 Å². The highest BCUT2D eigenvalue weighted by Gasteiger charge is 2.21. The summed E-state index contributed by atoms with van der Waals surface area (Å²) in [5, 5.41) is 3.07. The molecule has 1 aromatic rings. The fraction of sp³-hybridized carbons (Fsp3) is 0.538. The number of nitrogens with zero attached hydrogens (tertiary/aromatic N) is 1. The molecule has 0 saturated carbocycles. The van der Waals surface area contributed by atoms with Gasteiger partial charge in [0.05, 0.1) is 11.1 Å². The molecule has 1 unspecified atom stereocenters. The van der Waals surface area contributed by atoms with Crippen LogP contribution in [0.1, 0.15) is 13.8 Å². The first-order chi connectivity index (χ1) is 8.76. The van der Waals surface area contributed by atoms with Crippen molar-refractivity contribution in [2.45, 2.75) is 24.1 Å². The fourth-order valence-corrected chi connectivity index (χ4v) is 2.62. The molecule has 0 radical (unpaired) electrons. The second-order valence-electron chi connectivity index (χ2n) is 4.92. The first-order valence-corrected chi connectivity index (χ1v) is 8.04. The van der Waals surface area contributed by atoms with Gasteiger partial charge in [0.15, 0.2) is 0 Å². The third kappa shape index (κ3) is 4.09. The van der Waals surface area contributed by atoms with Gasteiger partial charge in [-0.3, -0.25) is 0 Å². The molecule has 0 saturated heterocycles. The van der Waals surface area contributed by atoms with E-state index in [-0.39, 0.29) is 10.3 Å². The maximum atomic E-state index is 12.2. The number of benzene rings is 1. The van der Waals surface area contributed by atoms with E-state index >= 15 is 0 Å². The fourth-order valence-electron chi connectivity index (χ4n) is 1.48. The van der Waals surface area contributed by atoms with Crippen LogP contribution in [0, 0.1) is 5.92 Å². The molecule has 19 heavy (non-hydrogen) atoms. The summed E-state index contributed by atoms with van der Waals surface area (Å²) in [7, 11) is -0.411. The first-order valence-electron chi connectivity index (χ1n) is 6.16. The van der Waals surface area contributed by atoms with Gasteiger partial charge in [0.1, 0.15) is 4.90 Å². The van der Waals surface area contributed by atoms with Crippen molar-refractivity contribution in [3.63, 3.8) is 0 Å². The van der Waals surface area contributed by atoms with Crippen LogP contribution in [0.4, 0.5) is 5.69 Å². The molecule has 6 heteroatoms. The lowest BCUT2D eigenvalue weighted by Crippen LogP contribution is -2.25. The van der Waals surface area contributed by atoms with E-state index in [0.29, 0.717) is 18.2 Å². The summed E-state index contributed by atoms with van der Waals surface area (Å²) >= 11 is 6.17. The second-order valence-corrected chi connectivity index (χ2v) is 7.61. The van der Waals surface area contributed by atoms with Crippen molar-refractivity contribution in [2.75, 3.05) is 26.0 Å². The number of anilines is 1. The largest absolute Gasteiger partial charge is 0.382 e. The number of hydrogen-bond donors (Lipinski definition) is 1. The molecule has 108 valence electrons. The van der Waals surface area contributed by atoms with E-state index in [4.69, 9.17) is 11.6 Å². The van der Waals surface area contributed by atoms with Gasteiger partial charge < -0.3 is 5.32 Å². The molecule has 0 spiro atoms. The first kappa shape index (κ1) is 16.3. The molecule has 1 N–H and O–H groups in total. The Hall–Kier alpha value is -0.780. The van der Waals surface area contributed by atoms with Crippen LogP contribution in [0.3, 0.4) is 0 Å². The van der Waals surface area contributed by atoms with Gasteiger partial charge in [-0.15, -0.1) is 11.6 Å². The second kappa shape index (κ2) is 6.59. The molecule has 1 aromatic carbocycles. The lowest BCUT2D eigenvalue weighted by atomic mass is 10.1. The van der Waals surface area contributed by atoms with Crippen molar-refractivity contribution in [1.29, 1.82) is 0 Å². The van der Waals surface area contributed by atoms with E-state index in [1.54, 1.807) is 24.3 Å². The van der Waals surface area contributed by atoms with Crippen molar-refractivity contribution >= 4 is 27.3 Å². The molecule has 0 aliphatic heterocycles. The maximum Gasteiger partial charge on any atom is 0.244 e. The van der Waals surface area contributed by atoms with Crippen molar-refractivity contribution in [3.05, 3.63) is 24.3 Å². The zero-order valence-electron chi connectivity index (χ0n) is 11.7. The van der Waals surface area contributed by atoms with Crippen molar-refractivity contribution in [2.24, 2.45) is 5.92 Å². The standard InChI is InChI=1S/C13H21ClN2O2S/c1-10(2)11(14)9-15-12-7-5-6-8-13(12)19(17,18)16(3)4/h5-8,10-11,15H,9H2,1-4H3. The SMILES string of the molecule is CC(C)C(Cl)CNc1ccccc1S(=O)(=O)N(C)C. The van der Waals surface area contributed by atoms with Gasteiger partial charge in [0.25, 0.3) is 0 Å². The highest BCUT2D eigenvalue weighted by atomic mass is 35.5. The number of rotatable bonds is 6. The summed E-state index contributed by atoms with van der Waals surface area (Å²) in [6.45, 7) is 4.59. The van der Waals surface area contributed by atoms with E-state index in [1.165, 1.54) is 18.4 Å². The van der Waals surface area contributed by atoms with E-state index in [0.717, 1.165) is 0 Å². The van der Waals surface area contributed by atoms with Gasteiger partial charge in [-0.25, -0.2) is 12.7 Å². The molecular formula is C13H21ClN2O2S. The monoisotopic (exact) mass is 304 g/mol. The normalized spacial score (nSPS) is 13.8. The van der Waals surface area contributed by atoms with Crippen LogP contribution in [0.15, 0.2) is 29.2 Å². The Kier molecular flexibility index (Phi) is 5.64. The van der Waals surface area contributed by atoms with Crippen molar-refractivity contribution in [3.8, 4) is 0 Å². The number of sulfonamides is 1. The van der Waals surface area contributed by atoms with Gasteiger partial charge >= 0.3 is 0 Å². The number of halogens is 1. The Bertz CT molecular complexity index is 515. The van der Waals surface area contributed by atoms with Gasteiger partial charge in [-0.2, -0.15) is 0 Å². The van der Waals surface area contributed by atoms with Crippen LogP contribution < -0.4 is 5.32 Å². The molecule has 0 aromatic heterocycles. The molecule has 0 bridgehead atoms. The highest BCUT2D eigenvalue weighted by Crippen LogP contribution is 2.23. The molecular weight excluding hydrogens is 284 g/mol. The minimum Gasteiger partial charge on any atom is -0.382 e. The summed E-state index contributed by atoms with van der Waals surface area (Å²) in [5.74, 6) is 0.326. The smallest absolute Gasteiger partial charge is 0.244 e. The summed E-state index contributed by atoms with van der Waals surface area (Å²) < 4.78 is 25.6. The summed E-state index contributed by atoms with van der Waals surface area (Å²) in [5.41, 5.74) is 0.586. The van der Waals surface area contributed by atoms with Gasteiger partial charge in [0.2, 0.25) is 10.0 Å². The van der Waals surface area contributed by atoms with E-state index in [2.05, 4.69) is 5.32 Å². The van der Waals surface area contributed by atoms with Crippen LogP contribution >= 0.6 is 11.6 Å². The van der Waals surface area contributed by atoms with Crippen LogP contribution in [0.25, 0.3) is 0 Å². The van der Waals surface area contributed by atoms with Crippen molar-refractivity contribution < 1.29 is 8.42 Å². The molecule has 0 amide bonds. The zero-order valence-corrected chi connectivity index (χ0v) is 13.3.